The number of aromatic nitrogens is 1. The lowest BCUT2D eigenvalue weighted by molar-refractivity contribution is 0.643. The van der Waals surface area contributed by atoms with Gasteiger partial charge in [0, 0.05) is 30.4 Å². The first-order valence-electron chi connectivity index (χ1n) is 5.35. The largest absolute Gasteiger partial charge is 0.369 e. The lowest BCUT2D eigenvalue weighted by Crippen LogP contribution is -2.07. The quantitative estimate of drug-likeness (QED) is 0.585. The molecule has 0 amide bonds. The van der Waals surface area contributed by atoms with Crippen LogP contribution in [-0.2, 0) is 0 Å². The van der Waals surface area contributed by atoms with Gasteiger partial charge >= 0.3 is 0 Å². The van der Waals surface area contributed by atoms with Crippen molar-refractivity contribution in [2.75, 3.05) is 14.1 Å². The van der Waals surface area contributed by atoms with E-state index in [4.69, 9.17) is 11.6 Å². The number of hydrogen-bond donors (Lipinski definition) is 0. The van der Waals surface area contributed by atoms with Gasteiger partial charge in [-0.25, -0.2) is 9.98 Å². The van der Waals surface area contributed by atoms with Gasteiger partial charge in [0.2, 0.25) is 0 Å². The second-order valence-electron chi connectivity index (χ2n) is 3.40. The Morgan fingerprint density at radius 1 is 1.31 bits per heavy atom. The van der Waals surface area contributed by atoms with Crippen molar-refractivity contribution in [2.24, 2.45) is 4.99 Å². The summed E-state index contributed by atoms with van der Waals surface area (Å²) in [7, 11) is 3.83. The van der Waals surface area contributed by atoms with E-state index in [9.17, 15) is 0 Å². The van der Waals surface area contributed by atoms with Gasteiger partial charge in [0.25, 0.3) is 0 Å². The van der Waals surface area contributed by atoms with Crippen LogP contribution in [0.25, 0.3) is 0 Å². The predicted octanol–water partition coefficient (Wildman–Crippen LogP) is 3.60. The van der Waals surface area contributed by atoms with Crippen molar-refractivity contribution in [3.63, 3.8) is 0 Å². The maximum absolute atomic E-state index is 6.01. The van der Waals surface area contributed by atoms with E-state index in [1.165, 1.54) is 0 Å². The minimum absolute atomic E-state index is 0.684. The van der Waals surface area contributed by atoms with Crippen molar-refractivity contribution >= 4 is 23.8 Å². The second-order valence-corrected chi connectivity index (χ2v) is 3.81. The fourth-order valence-electron chi connectivity index (χ4n) is 0.977. The Hall–Kier alpha value is -1.09. The van der Waals surface area contributed by atoms with Crippen LogP contribution in [-0.4, -0.2) is 30.3 Å². The highest BCUT2D eigenvalue weighted by atomic mass is 35.5. The molecule has 0 N–H and O–H groups in total. The van der Waals surface area contributed by atoms with Crippen LogP contribution in [0.2, 0.25) is 5.02 Å². The summed E-state index contributed by atoms with van der Waals surface area (Å²) in [4.78, 5) is 10.4. The van der Waals surface area contributed by atoms with Crippen LogP contribution in [0.1, 0.15) is 25.1 Å². The molecule has 1 heterocycles. The van der Waals surface area contributed by atoms with Crippen LogP contribution >= 0.6 is 11.6 Å². The van der Waals surface area contributed by atoms with Crippen LogP contribution in [0.15, 0.2) is 11.1 Å². The maximum atomic E-state index is 6.01. The molecule has 16 heavy (non-hydrogen) atoms. The summed E-state index contributed by atoms with van der Waals surface area (Å²) in [5, 5.41) is 0.711. The highest BCUT2D eigenvalue weighted by Crippen LogP contribution is 2.24. The fraction of sp³-hybridized carbons (Fsp3) is 0.500. The molecule has 0 spiro atoms. The Morgan fingerprint density at radius 2 is 1.88 bits per heavy atom. The van der Waals surface area contributed by atoms with Crippen molar-refractivity contribution < 1.29 is 0 Å². The molecule has 0 aliphatic rings. The molecule has 90 valence electrons. The van der Waals surface area contributed by atoms with E-state index >= 15 is 0 Å². The zero-order valence-corrected chi connectivity index (χ0v) is 11.6. The maximum Gasteiger partial charge on any atom is 0.158 e. The molecule has 1 rings (SSSR count). The van der Waals surface area contributed by atoms with Gasteiger partial charge in [-0.15, -0.1) is 0 Å². The van der Waals surface area contributed by atoms with Crippen molar-refractivity contribution in [2.45, 2.75) is 27.7 Å². The van der Waals surface area contributed by atoms with Crippen LogP contribution in [0.5, 0.6) is 0 Å². The van der Waals surface area contributed by atoms with Crippen molar-refractivity contribution in [1.82, 2.24) is 9.88 Å². The molecule has 0 aliphatic carbocycles. The standard InChI is InChI=1S/C10H14ClN3.C2H6/c1-7-5-9(11)8(2)10(13-7)12-6-14(3)4;1-2/h5-6H,1-4H3;1-2H3. The normalized spacial score (nSPS) is 9.94. The SMILES string of the molecule is CC.Cc1cc(Cl)c(C)c(N=CN(C)C)n1. The van der Waals surface area contributed by atoms with Crippen LogP contribution in [0.4, 0.5) is 5.82 Å². The number of nitrogens with zero attached hydrogens (tertiary/aromatic N) is 3. The van der Waals surface area contributed by atoms with Crippen LogP contribution < -0.4 is 0 Å². The first kappa shape index (κ1) is 14.9. The molecule has 0 atom stereocenters. The van der Waals surface area contributed by atoms with Crippen LogP contribution in [0, 0.1) is 13.8 Å². The second kappa shape index (κ2) is 7.23. The number of aryl methyl sites for hydroxylation is 1. The minimum Gasteiger partial charge on any atom is -0.369 e. The van der Waals surface area contributed by atoms with Crippen LogP contribution in [0.3, 0.4) is 0 Å². The first-order valence-corrected chi connectivity index (χ1v) is 5.73. The van der Waals surface area contributed by atoms with E-state index in [2.05, 4.69) is 9.98 Å². The average Bonchev–Trinajstić information content (AvgIpc) is 2.24. The molecular formula is C12H20ClN3. The van der Waals surface area contributed by atoms with E-state index < -0.39 is 0 Å². The summed E-state index contributed by atoms with van der Waals surface area (Å²) in [6, 6.07) is 1.84. The van der Waals surface area contributed by atoms with Gasteiger partial charge in [0.1, 0.15) is 0 Å². The van der Waals surface area contributed by atoms with Gasteiger partial charge in [0.05, 0.1) is 6.34 Å². The van der Waals surface area contributed by atoms with Crippen molar-refractivity contribution in [1.29, 1.82) is 0 Å². The van der Waals surface area contributed by atoms with E-state index in [1.807, 2.05) is 52.8 Å². The van der Waals surface area contributed by atoms with Gasteiger partial charge in [-0.1, -0.05) is 25.4 Å². The molecule has 0 bridgehead atoms. The summed E-state index contributed by atoms with van der Waals surface area (Å²) < 4.78 is 0. The van der Waals surface area contributed by atoms with Gasteiger partial charge in [-0.05, 0) is 19.9 Å². The Balaban J connectivity index is 0.00000106. The Kier molecular flexibility index (Phi) is 6.74. The molecule has 0 aliphatic heterocycles. The molecule has 0 saturated carbocycles. The third-order valence-corrected chi connectivity index (χ3v) is 2.12. The number of pyridine rings is 1. The van der Waals surface area contributed by atoms with Gasteiger partial charge < -0.3 is 4.90 Å². The van der Waals surface area contributed by atoms with E-state index in [-0.39, 0.29) is 0 Å². The minimum atomic E-state index is 0.684. The van der Waals surface area contributed by atoms with Gasteiger partial charge in [-0.3, -0.25) is 0 Å². The molecule has 4 heteroatoms. The summed E-state index contributed by atoms with van der Waals surface area (Å²) in [5.41, 5.74) is 1.79. The average molecular weight is 242 g/mol. The monoisotopic (exact) mass is 241 g/mol. The smallest absolute Gasteiger partial charge is 0.158 e. The Morgan fingerprint density at radius 3 is 2.38 bits per heavy atom. The molecule has 0 radical (unpaired) electrons. The summed E-state index contributed by atoms with van der Waals surface area (Å²) in [5.74, 6) is 0.684. The van der Waals surface area contributed by atoms with E-state index in [1.54, 1.807) is 6.34 Å². The van der Waals surface area contributed by atoms with E-state index in [0.29, 0.717) is 10.8 Å². The summed E-state index contributed by atoms with van der Waals surface area (Å²) >= 11 is 6.01. The number of hydrogen-bond acceptors (Lipinski definition) is 2. The van der Waals surface area contributed by atoms with E-state index in [0.717, 1.165) is 11.3 Å². The molecule has 0 aromatic carbocycles. The Bertz CT molecular complexity index is 360. The molecule has 1 aromatic heterocycles. The third-order valence-electron chi connectivity index (χ3n) is 1.72. The number of halogens is 1. The predicted molar refractivity (Wildman–Crippen MR) is 71.9 cm³/mol. The molecule has 0 unspecified atom stereocenters. The topological polar surface area (TPSA) is 28.5 Å². The fourth-order valence-corrected chi connectivity index (χ4v) is 1.22. The third kappa shape index (κ3) is 4.62. The summed E-state index contributed by atoms with van der Waals surface area (Å²) in [6.45, 7) is 7.82. The lowest BCUT2D eigenvalue weighted by Gasteiger charge is -2.05. The first-order chi connectivity index (χ1) is 7.50. The molecular weight excluding hydrogens is 222 g/mol. The zero-order chi connectivity index (χ0) is 12.7. The van der Waals surface area contributed by atoms with Gasteiger partial charge in [-0.2, -0.15) is 0 Å². The lowest BCUT2D eigenvalue weighted by atomic mass is 10.2. The highest BCUT2D eigenvalue weighted by molar-refractivity contribution is 6.31. The van der Waals surface area contributed by atoms with Crippen molar-refractivity contribution in [3.05, 3.63) is 22.3 Å². The molecule has 3 nitrogen and oxygen atoms in total. The summed E-state index contributed by atoms with van der Waals surface area (Å²) in [6.07, 6.45) is 1.71. The zero-order valence-electron chi connectivity index (χ0n) is 10.9. The van der Waals surface area contributed by atoms with Crippen molar-refractivity contribution in [3.8, 4) is 0 Å². The molecule has 1 aromatic rings. The molecule has 0 saturated heterocycles. The molecule has 0 fully saturated rings. The number of rotatable bonds is 2. The number of aliphatic imine (C=N–C) groups is 1. The Labute approximate surface area is 103 Å². The van der Waals surface area contributed by atoms with Gasteiger partial charge in [0.15, 0.2) is 5.82 Å². The highest BCUT2D eigenvalue weighted by Gasteiger charge is 2.03.